The van der Waals surface area contributed by atoms with Crippen molar-refractivity contribution in [3.63, 3.8) is 0 Å². The highest BCUT2D eigenvalue weighted by molar-refractivity contribution is 14.1. The molecule has 2 heteroatoms. The lowest BCUT2D eigenvalue weighted by Crippen LogP contribution is -2.15. The van der Waals surface area contributed by atoms with E-state index in [1.165, 1.54) is 26.7 Å². The number of halogens is 1. The highest BCUT2D eigenvalue weighted by atomic mass is 127. The third-order valence-corrected chi connectivity index (χ3v) is 5.58. The quantitative estimate of drug-likeness (QED) is 0.804. The molecule has 0 amide bonds. The molecule has 1 saturated carbocycles. The largest absolute Gasteiger partial charge is 0.324 e. The van der Waals surface area contributed by atoms with Gasteiger partial charge in [-0.25, -0.2) is 0 Å². The summed E-state index contributed by atoms with van der Waals surface area (Å²) in [7, 11) is 0. The Hall–Kier alpha value is -0.870. The molecule has 1 fully saturated rings. The molecule has 1 nitrogen and oxygen atoms in total. The Morgan fingerprint density at radius 2 is 1.84 bits per heavy atom. The number of hydrogen-bond donors (Lipinski definition) is 1. The minimum absolute atomic E-state index is 0.164. The lowest BCUT2D eigenvalue weighted by Gasteiger charge is -2.15. The van der Waals surface area contributed by atoms with Gasteiger partial charge in [0.2, 0.25) is 0 Å². The third-order valence-electron chi connectivity index (χ3n) is 4.11. The molecule has 2 aromatic rings. The first-order valence-electron chi connectivity index (χ1n) is 6.74. The highest BCUT2D eigenvalue weighted by Gasteiger charge is 2.43. The van der Waals surface area contributed by atoms with Crippen molar-refractivity contribution in [2.75, 3.05) is 0 Å². The van der Waals surface area contributed by atoms with Gasteiger partial charge >= 0.3 is 0 Å². The average Bonchev–Trinajstić information content (AvgIpc) is 3.22. The highest BCUT2D eigenvalue weighted by Crippen LogP contribution is 2.53. The summed E-state index contributed by atoms with van der Waals surface area (Å²) in [4.78, 5) is 0. The van der Waals surface area contributed by atoms with E-state index in [1.807, 2.05) is 0 Å². The molecule has 98 valence electrons. The van der Waals surface area contributed by atoms with Gasteiger partial charge in [-0.2, -0.15) is 0 Å². The Labute approximate surface area is 128 Å². The van der Waals surface area contributed by atoms with E-state index >= 15 is 0 Å². The predicted molar refractivity (Wildman–Crippen MR) is 88.1 cm³/mol. The van der Waals surface area contributed by atoms with Crippen molar-refractivity contribution in [3.05, 3.63) is 68.8 Å². The number of hydrogen-bond acceptors (Lipinski definition) is 1. The van der Waals surface area contributed by atoms with Gasteiger partial charge < -0.3 is 5.73 Å². The van der Waals surface area contributed by atoms with Crippen molar-refractivity contribution in [3.8, 4) is 0 Å². The van der Waals surface area contributed by atoms with Gasteiger partial charge in [0.05, 0.1) is 0 Å². The second kappa shape index (κ2) is 5.25. The van der Waals surface area contributed by atoms with E-state index in [1.54, 1.807) is 0 Å². The van der Waals surface area contributed by atoms with Gasteiger partial charge in [-0.05, 0) is 64.5 Å². The second-order valence-corrected chi connectivity index (χ2v) is 6.50. The normalized spacial score (nSPS) is 23.1. The maximum Gasteiger partial charge on any atom is 0.0340 e. The number of rotatable bonds is 3. The van der Waals surface area contributed by atoms with Crippen molar-refractivity contribution in [1.29, 1.82) is 0 Å². The van der Waals surface area contributed by atoms with Crippen molar-refractivity contribution in [2.45, 2.75) is 25.3 Å². The number of nitrogens with two attached hydrogens (primary N) is 1. The molecule has 1 aliphatic rings. The summed E-state index contributed by atoms with van der Waals surface area (Å²) in [5.41, 5.74) is 10.6. The number of aryl methyl sites for hydroxylation is 1. The van der Waals surface area contributed by atoms with E-state index in [4.69, 9.17) is 5.73 Å². The van der Waals surface area contributed by atoms with Crippen molar-refractivity contribution in [1.82, 2.24) is 0 Å². The van der Waals surface area contributed by atoms with E-state index < -0.39 is 0 Å². The standard InChI is InChI=1S/C17H18IN/c1-11-6-5-9-13(16(11)18)17(19)15-10-14(15)12-7-3-2-4-8-12/h2-9,14-15,17H,10,19H2,1H3. The first-order chi connectivity index (χ1) is 9.18. The molecule has 2 aromatic carbocycles. The maximum absolute atomic E-state index is 6.49. The maximum atomic E-state index is 6.49. The fraction of sp³-hybridized carbons (Fsp3) is 0.294. The molecule has 0 aliphatic heterocycles. The number of benzene rings is 2. The molecule has 0 spiro atoms. The zero-order valence-electron chi connectivity index (χ0n) is 11.0. The first-order valence-corrected chi connectivity index (χ1v) is 7.82. The van der Waals surface area contributed by atoms with Crippen molar-refractivity contribution in [2.24, 2.45) is 11.7 Å². The predicted octanol–water partition coefficient (Wildman–Crippen LogP) is 4.40. The fourth-order valence-electron chi connectivity index (χ4n) is 2.85. The summed E-state index contributed by atoms with van der Waals surface area (Å²) in [5, 5.41) is 0. The van der Waals surface area contributed by atoms with Gasteiger partial charge in [0.1, 0.15) is 0 Å². The summed E-state index contributed by atoms with van der Waals surface area (Å²) in [6.07, 6.45) is 1.22. The van der Waals surface area contributed by atoms with Crippen LogP contribution in [0.2, 0.25) is 0 Å². The van der Waals surface area contributed by atoms with Gasteiger partial charge in [0.15, 0.2) is 0 Å². The molecule has 0 radical (unpaired) electrons. The Kier molecular flexibility index (Phi) is 3.63. The molecule has 19 heavy (non-hydrogen) atoms. The van der Waals surface area contributed by atoms with E-state index in [0.717, 1.165) is 0 Å². The fourth-order valence-corrected chi connectivity index (χ4v) is 3.57. The van der Waals surface area contributed by atoms with Crippen LogP contribution < -0.4 is 5.73 Å². The summed E-state index contributed by atoms with van der Waals surface area (Å²) in [6.45, 7) is 2.15. The zero-order valence-corrected chi connectivity index (χ0v) is 13.2. The Bertz CT molecular complexity index is 579. The molecular weight excluding hydrogens is 345 g/mol. The second-order valence-electron chi connectivity index (χ2n) is 5.42. The van der Waals surface area contributed by atoms with E-state index in [2.05, 4.69) is 78.0 Å². The molecule has 0 saturated heterocycles. The van der Waals surface area contributed by atoms with Crippen molar-refractivity contribution >= 4 is 22.6 Å². The molecule has 0 aromatic heterocycles. The summed E-state index contributed by atoms with van der Waals surface area (Å²) in [6, 6.07) is 17.4. The third kappa shape index (κ3) is 2.56. The molecule has 2 N–H and O–H groups in total. The minimum Gasteiger partial charge on any atom is -0.324 e. The Morgan fingerprint density at radius 1 is 1.11 bits per heavy atom. The lowest BCUT2D eigenvalue weighted by molar-refractivity contribution is 0.612. The van der Waals surface area contributed by atoms with Gasteiger partial charge in [-0.1, -0.05) is 48.5 Å². The van der Waals surface area contributed by atoms with Gasteiger partial charge in [0.25, 0.3) is 0 Å². The smallest absolute Gasteiger partial charge is 0.0340 e. The minimum atomic E-state index is 0.164. The molecule has 0 bridgehead atoms. The summed E-state index contributed by atoms with van der Waals surface area (Å²) >= 11 is 2.42. The molecule has 3 atom stereocenters. The lowest BCUT2D eigenvalue weighted by atomic mass is 9.98. The molecule has 3 rings (SSSR count). The summed E-state index contributed by atoms with van der Waals surface area (Å²) < 4.78 is 1.33. The Balaban J connectivity index is 1.80. The van der Waals surface area contributed by atoms with Crippen LogP contribution in [0.5, 0.6) is 0 Å². The van der Waals surface area contributed by atoms with Gasteiger partial charge in [-0.15, -0.1) is 0 Å². The SMILES string of the molecule is Cc1cccc(C(N)C2CC2c2ccccc2)c1I. The molecular formula is C17H18IN. The van der Waals surface area contributed by atoms with Crippen LogP contribution in [-0.2, 0) is 0 Å². The van der Waals surface area contributed by atoms with Crippen LogP contribution in [0.3, 0.4) is 0 Å². The van der Waals surface area contributed by atoms with E-state index in [0.29, 0.717) is 11.8 Å². The van der Waals surface area contributed by atoms with Crippen LogP contribution in [-0.4, -0.2) is 0 Å². The van der Waals surface area contributed by atoms with Crippen LogP contribution in [0, 0.1) is 16.4 Å². The Morgan fingerprint density at radius 3 is 2.58 bits per heavy atom. The van der Waals surface area contributed by atoms with Crippen LogP contribution >= 0.6 is 22.6 Å². The molecule has 0 heterocycles. The van der Waals surface area contributed by atoms with Crippen LogP contribution in [0.1, 0.15) is 35.1 Å². The van der Waals surface area contributed by atoms with E-state index in [-0.39, 0.29) is 6.04 Å². The average molecular weight is 363 g/mol. The molecule has 1 aliphatic carbocycles. The molecule has 3 unspecified atom stereocenters. The van der Waals surface area contributed by atoms with Crippen LogP contribution in [0.15, 0.2) is 48.5 Å². The van der Waals surface area contributed by atoms with E-state index in [9.17, 15) is 0 Å². The van der Waals surface area contributed by atoms with Gasteiger partial charge in [-0.3, -0.25) is 0 Å². The van der Waals surface area contributed by atoms with Crippen molar-refractivity contribution < 1.29 is 0 Å². The summed E-state index contributed by atoms with van der Waals surface area (Å²) in [5.74, 6) is 1.24. The van der Waals surface area contributed by atoms with Crippen LogP contribution in [0.4, 0.5) is 0 Å². The topological polar surface area (TPSA) is 26.0 Å². The monoisotopic (exact) mass is 363 g/mol. The van der Waals surface area contributed by atoms with Gasteiger partial charge in [0, 0.05) is 9.61 Å². The van der Waals surface area contributed by atoms with Crippen LogP contribution in [0.25, 0.3) is 0 Å². The first kappa shape index (κ1) is 13.1. The zero-order chi connectivity index (χ0) is 13.4.